The zero-order chi connectivity index (χ0) is 15.7. The Morgan fingerprint density at radius 1 is 1.43 bits per heavy atom. The van der Waals surface area contributed by atoms with Gasteiger partial charge in [0.15, 0.2) is 0 Å². The summed E-state index contributed by atoms with van der Waals surface area (Å²) in [6.45, 7) is 8.60. The van der Waals surface area contributed by atoms with Crippen LogP contribution < -0.4 is 11.3 Å². The van der Waals surface area contributed by atoms with E-state index in [1.807, 2.05) is 18.2 Å². The second-order valence-corrected chi connectivity index (χ2v) is 8.35. The number of rotatable bonds is 5. The molecule has 1 aliphatic rings. The highest BCUT2D eigenvalue weighted by Crippen LogP contribution is 2.44. The summed E-state index contributed by atoms with van der Waals surface area (Å²) in [5, 5.41) is 0.767. The standard InChI is InChI=1S/C16H25ClN2OS/c1-15(2)9-13(16(3,4)20-15)14(19-18)10-21-12-7-5-6-11(17)8-12/h5-8,13-14,19H,9-10,18H2,1-4H3. The van der Waals surface area contributed by atoms with E-state index in [4.69, 9.17) is 22.2 Å². The van der Waals surface area contributed by atoms with Crippen LogP contribution in [0.5, 0.6) is 0 Å². The second-order valence-electron chi connectivity index (χ2n) is 6.82. The van der Waals surface area contributed by atoms with Gasteiger partial charge in [-0.2, -0.15) is 0 Å². The van der Waals surface area contributed by atoms with Crippen LogP contribution in [0.3, 0.4) is 0 Å². The number of thioether (sulfide) groups is 1. The Bertz CT molecular complexity index is 493. The molecule has 1 saturated heterocycles. The molecule has 0 bridgehead atoms. The second kappa shape index (κ2) is 6.47. The van der Waals surface area contributed by atoms with Gasteiger partial charge in [0.25, 0.3) is 0 Å². The maximum Gasteiger partial charge on any atom is 0.0678 e. The zero-order valence-corrected chi connectivity index (χ0v) is 14.7. The summed E-state index contributed by atoms with van der Waals surface area (Å²) in [6.07, 6.45) is 1.00. The largest absolute Gasteiger partial charge is 0.369 e. The van der Waals surface area contributed by atoms with Crippen molar-refractivity contribution in [3.63, 3.8) is 0 Å². The van der Waals surface area contributed by atoms with Crippen LogP contribution in [0.1, 0.15) is 34.1 Å². The molecule has 1 fully saturated rings. The molecule has 1 aliphatic heterocycles. The lowest BCUT2D eigenvalue weighted by atomic mass is 9.82. The molecule has 0 aliphatic carbocycles. The highest BCUT2D eigenvalue weighted by molar-refractivity contribution is 7.99. The molecular weight excluding hydrogens is 304 g/mol. The van der Waals surface area contributed by atoms with E-state index in [1.54, 1.807) is 11.8 Å². The van der Waals surface area contributed by atoms with Gasteiger partial charge in [-0.3, -0.25) is 11.3 Å². The normalized spacial score (nSPS) is 25.0. The van der Waals surface area contributed by atoms with Crippen LogP contribution in [-0.4, -0.2) is 23.0 Å². The molecule has 1 aromatic carbocycles. The highest BCUT2D eigenvalue weighted by Gasteiger charge is 2.48. The summed E-state index contributed by atoms with van der Waals surface area (Å²) in [6, 6.07) is 8.12. The van der Waals surface area contributed by atoms with E-state index in [0.29, 0.717) is 5.92 Å². The molecule has 5 heteroatoms. The number of hydrogen-bond donors (Lipinski definition) is 2. The molecular formula is C16H25ClN2OS. The molecule has 3 nitrogen and oxygen atoms in total. The average Bonchev–Trinajstić information content (AvgIpc) is 2.58. The fourth-order valence-corrected chi connectivity index (χ4v) is 4.60. The van der Waals surface area contributed by atoms with Gasteiger partial charge >= 0.3 is 0 Å². The van der Waals surface area contributed by atoms with Crippen LogP contribution in [0, 0.1) is 5.92 Å². The highest BCUT2D eigenvalue weighted by atomic mass is 35.5. The van der Waals surface area contributed by atoms with Gasteiger partial charge in [-0.25, -0.2) is 0 Å². The van der Waals surface area contributed by atoms with E-state index in [1.165, 1.54) is 4.90 Å². The molecule has 1 aromatic rings. The van der Waals surface area contributed by atoms with Crippen molar-refractivity contribution in [3.05, 3.63) is 29.3 Å². The summed E-state index contributed by atoms with van der Waals surface area (Å²) in [5.74, 6) is 7.08. The van der Waals surface area contributed by atoms with Gasteiger partial charge in [0, 0.05) is 27.6 Å². The molecule has 0 amide bonds. The molecule has 0 saturated carbocycles. The van der Waals surface area contributed by atoms with Gasteiger partial charge in [0.2, 0.25) is 0 Å². The maximum absolute atomic E-state index is 6.18. The summed E-state index contributed by atoms with van der Waals surface area (Å²) >= 11 is 7.80. The van der Waals surface area contributed by atoms with Crippen LogP contribution >= 0.6 is 23.4 Å². The third kappa shape index (κ3) is 4.36. The van der Waals surface area contributed by atoms with E-state index in [2.05, 4.69) is 39.2 Å². The summed E-state index contributed by atoms with van der Waals surface area (Å²) in [5.41, 5.74) is 2.72. The van der Waals surface area contributed by atoms with E-state index in [-0.39, 0.29) is 17.2 Å². The number of benzene rings is 1. The van der Waals surface area contributed by atoms with Gasteiger partial charge in [-0.15, -0.1) is 11.8 Å². The molecule has 0 aromatic heterocycles. The number of nitrogens with one attached hydrogen (secondary N) is 1. The Labute approximate surface area is 136 Å². The van der Waals surface area contributed by atoms with Crippen molar-refractivity contribution < 1.29 is 4.74 Å². The predicted octanol–water partition coefficient (Wildman–Crippen LogP) is 3.86. The van der Waals surface area contributed by atoms with Crippen molar-refractivity contribution in [2.45, 2.75) is 56.3 Å². The number of hydrazine groups is 1. The molecule has 3 N–H and O–H groups in total. The van der Waals surface area contributed by atoms with E-state index >= 15 is 0 Å². The van der Waals surface area contributed by atoms with Crippen molar-refractivity contribution in [2.24, 2.45) is 11.8 Å². The number of halogens is 1. The van der Waals surface area contributed by atoms with Crippen molar-refractivity contribution in [1.82, 2.24) is 5.43 Å². The van der Waals surface area contributed by atoms with E-state index in [9.17, 15) is 0 Å². The monoisotopic (exact) mass is 328 g/mol. The van der Waals surface area contributed by atoms with Crippen LogP contribution in [0.2, 0.25) is 5.02 Å². The first-order chi connectivity index (χ1) is 9.73. The lowest BCUT2D eigenvalue weighted by Crippen LogP contribution is -2.48. The Kier molecular flexibility index (Phi) is 5.27. The number of nitrogens with two attached hydrogens (primary N) is 1. The van der Waals surface area contributed by atoms with Gasteiger partial charge in [0.1, 0.15) is 0 Å². The Balaban J connectivity index is 2.03. The molecule has 118 valence electrons. The molecule has 2 unspecified atom stereocenters. The summed E-state index contributed by atoms with van der Waals surface area (Å²) in [4.78, 5) is 1.17. The van der Waals surface area contributed by atoms with E-state index in [0.717, 1.165) is 17.2 Å². The smallest absolute Gasteiger partial charge is 0.0678 e. The first-order valence-corrected chi connectivity index (χ1v) is 8.64. The minimum atomic E-state index is -0.171. The SMILES string of the molecule is CC1(C)CC(C(CSc2cccc(Cl)c2)NN)C(C)(C)O1. The Hall–Kier alpha value is -0.260. The number of hydrogen-bond acceptors (Lipinski definition) is 4. The quantitative estimate of drug-likeness (QED) is 0.489. The molecule has 21 heavy (non-hydrogen) atoms. The molecule has 0 spiro atoms. The zero-order valence-electron chi connectivity index (χ0n) is 13.2. The lowest BCUT2D eigenvalue weighted by Gasteiger charge is -2.32. The lowest BCUT2D eigenvalue weighted by molar-refractivity contribution is -0.0769. The third-order valence-electron chi connectivity index (χ3n) is 4.07. The first kappa shape index (κ1) is 17.1. The van der Waals surface area contributed by atoms with Gasteiger partial charge in [0.05, 0.1) is 11.2 Å². The molecule has 0 radical (unpaired) electrons. The summed E-state index contributed by atoms with van der Waals surface area (Å²) in [7, 11) is 0. The van der Waals surface area contributed by atoms with Crippen molar-refractivity contribution in [2.75, 3.05) is 5.75 Å². The summed E-state index contributed by atoms with van der Waals surface area (Å²) < 4.78 is 6.18. The molecule has 2 atom stereocenters. The Morgan fingerprint density at radius 3 is 2.67 bits per heavy atom. The minimum absolute atomic E-state index is 0.0933. The fourth-order valence-electron chi connectivity index (χ4n) is 3.25. The number of ether oxygens (including phenoxy) is 1. The Morgan fingerprint density at radius 2 is 2.14 bits per heavy atom. The maximum atomic E-state index is 6.18. The first-order valence-electron chi connectivity index (χ1n) is 7.28. The average molecular weight is 329 g/mol. The van der Waals surface area contributed by atoms with Gasteiger partial charge in [-0.1, -0.05) is 17.7 Å². The van der Waals surface area contributed by atoms with Crippen molar-refractivity contribution >= 4 is 23.4 Å². The topological polar surface area (TPSA) is 47.3 Å². The van der Waals surface area contributed by atoms with Crippen LogP contribution in [-0.2, 0) is 4.74 Å². The van der Waals surface area contributed by atoms with Gasteiger partial charge in [-0.05, 0) is 52.3 Å². The van der Waals surface area contributed by atoms with Gasteiger partial charge < -0.3 is 4.74 Å². The van der Waals surface area contributed by atoms with Crippen LogP contribution in [0.25, 0.3) is 0 Å². The fraction of sp³-hybridized carbons (Fsp3) is 0.625. The van der Waals surface area contributed by atoms with Crippen molar-refractivity contribution in [1.29, 1.82) is 0 Å². The minimum Gasteiger partial charge on any atom is -0.369 e. The molecule has 2 rings (SSSR count). The third-order valence-corrected chi connectivity index (χ3v) is 5.42. The van der Waals surface area contributed by atoms with E-state index < -0.39 is 0 Å². The predicted molar refractivity (Wildman–Crippen MR) is 90.6 cm³/mol. The molecule has 1 heterocycles. The van der Waals surface area contributed by atoms with Crippen LogP contribution in [0.15, 0.2) is 29.2 Å². The van der Waals surface area contributed by atoms with Crippen molar-refractivity contribution in [3.8, 4) is 0 Å². The van der Waals surface area contributed by atoms with Crippen LogP contribution in [0.4, 0.5) is 0 Å².